The van der Waals surface area contributed by atoms with Gasteiger partial charge in [-0.3, -0.25) is 0 Å². The Balaban J connectivity index is 1.19. The molecule has 0 fully saturated rings. The highest BCUT2D eigenvalue weighted by molar-refractivity contribution is 6.19. The van der Waals surface area contributed by atoms with Crippen molar-refractivity contribution in [2.45, 2.75) is 0 Å². The number of fused-ring (bicyclic) bond motifs is 8. The minimum Gasteiger partial charge on any atom is -0.456 e. The van der Waals surface area contributed by atoms with Crippen LogP contribution in [0.2, 0.25) is 0 Å². The second-order valence-electron chi connectivity index (χ2n) is 11.0. The Bertz CT molecular complexity index is 2470. The molecule has 2 heterocycles. The molecule has 0 aliphatic rings. The predicted octanol–water partition coefficient (Wildman–Crippen LogP) is 11.4. The zero-order valence-electron chi connectivity index (χ0n) is 22.8. The van der Waals surface area contributed by atoms with E-state index in [1.54, 1.807) is 0 Å². The molecule has 42 heavy (non-hydrogen) atoms. The normalized spacial score (nSPS) is 11.8. The summed E-state index contributed by atoms with van der Waals surface area (Å²) in [6, 6.07) is 52.0. The van der Waals surface area contributed by atoms with E-state index in [4.69, 9.17) is 4.42 Å². The summed E-state index contributed by atoms with van der Waals surface area (Å²) in [6.07, 6.45) is 0. The van der Waals surface area contributed by atoms with Crippen molar-refractivity contribution >= 4 is 54.5 Å². The van der Waals surface area contributed by atoms with E-state index in [0.29, 0.717) is 0 Å². The summed E-state index contributed by atoms with van der Waals surface area (Å²) in [5.41, 5.74) is 11.4. The fraction of sp³-hybridized carbons (Fsp3) is 0. The van der Waals surface area contributed by atoms with Gasteiger partial charge >= 0.3 is 0 Å². The van der Waals surface area contributed by atoms with Crippen LogP contribution >= 0.6 is 0 Å². The van der Waals surface area contributed by atoms with Crippen molar-refractivity contribution in [3.63, 3.8) is 0 Å². The van der Waals surface area contributed by atoms with Gasteiger partial charge in [0.1, 0.15) is 11.2 Å². The third-order valence-corrected chi connectivity index (χ3v) is 8.62. The third kappa shape index (κ3) is 3.45. The van der Waals surface area contributed by atoms with E-state index in [2.05, 4.69) is 138 Å². The van der Waals surface area contributed by atoms with Gasteiger partial charge in [0.25, 0.3) is 0 Å². The lowest BCUT2D eigenvalue weighted by Gasteiger charge is -2.10. The van der Waals surface area contributed by atoms with Crippen LogP contribution in [0.4, 0.5) is 0 Å². The zero-order chi connectivity index (χ0) is 27.6. The maximum Gasteiger partial charge on any atom is 0.136 e. The van der Waals surface area contributed by atoms with Crippen molar-refractivity contribution in [3.8, 4) is 33.4 Å². The van der Waals surface area contributed by atoms with E-state index in [9.17, 15) is 0 Å². The number of H-pyrrole nitrogens is 1. The first-order valence-corrected chi connectivity index (χ1v) is 14.4. The third-order valence-electron chi connectivity index (χ3n) is 8.62. The van der Waals surface area contributed by atoms with Crippen LogP contribution in [0.15, 0.2) is 150 Å². The van der Waals surface area contributed by atoms with E-state index < -0.39 is 0 Å². The second-order valence-corrected chi connectivity index (χ2v) is 11.0. The first kappa shape index (κ1) is 23.1. The highest BCUT2D eigenvalue weighted by Gasteiger charge is 2.14. The standard InChI is InChI=1S/C40H25NO/c1-2-14-31-25(9-1)21-22-34-33-18-7-17-32(40(33)41-39(31)34)29-13-6-11-27(24-29)26-10-5-12-28(23-26)30-16-8-20-37-38(30)35-15-3-4-19-36(35)42-37/h1-24,41H. The van der Waals surface area contributed by atoms with E-state index in [0.717, 1.165) is 21.9 Å². The monoisotopic (exact) mass is 535 g/mol. The molecule has 1 N–H and O–H groups in total. The predicted molar refractivity (Wildman–Crippen MR) is 177 cm³/mol. The summed E-state index contributed by atoms with van der Waals surface area (Å²) >= 11 is 0. The molecule has 0 spiro atoms. The van der Waals surface area contributed by atoms with Crippen LogP contribution in [0.1, 0.15) is 0 Å². The largest absolute Gasteiger partial charge is 0.456 e. The summed E-state index contributed by atoms with van der Waals surface area (Å²) in [7, 11) is 0. The minimum atomic E-state index is 0.917. The first-order valence-electron chi connectivity index (χ1n) is 14.4. The number of hydrogen-bond donors (Lipinski definition) is 1. The zero-order valence-corrected chi connectivity index (χ0v) is 22.8. The van der Waals surface area contributed by atoms with Crippen molar-refractivity contribution < 1.29 is 4.42 Å². The molecule has 0 atom stereocenters. The molecule has 0 amide bonds. The molecule has 2 heteroatoms. The summed E-state index contributed by atoms with van der Waals surface area (Å²) in [5, 5.41) is 7.32. The Morgan fingerprint density at radius 1 is 0.381 bits per heavy atom. The van der Waals surface area contributed by atoms with Crippen LogP contribution in [0, 0.1) is 0 Å². The fourth-order valence-corrected chi connectivity index (χ4v) is 6.66. The van der Waals surface area contributed by atoms with Gasteiger partial charge in [-0.05, 0) is 57.5 Å². The number of furan rings is 1. The van der Waals surface area contributed by atoms with Crippen LogP contribution in [0.3, 0.4) is 0 Å². The molecule has 9 rings (SSSR count). The Hall–Kier alpha value is -5.60. The Kier molecular flexibility index (Phi) is 4.93. The van der Waals surface area contributed by atoms with Crippen molar-refractivity contribution in [2.75, 3.05) is 0 Å². The molecule has 0 bridgehead atoms. The van der Waals surface area contributed by atoms with Gasteiger partial charge in [-0.2, -0.15) is 0 Å². The van der Waals surface area contributed by atoms with Gasteiger partial charge in [-0.1, -0.05) is 121 Å². The molecule has 0 unspecified atom stereocenters. The van der Waals surface area contributed by atoms with Crippen molar-refractivity contribution in [3.05, 3.63) is 146 Å². The smallest absolute Gasteiger partial charge is 0.136 e. The van der Waals surface area contributed by atoms with Gasteiger partial charge in [-0.15, -0.1) is 0 Å². The number of benzene rings is 7. The van der Waals surface area contributed by atoms with E-state index in [1.807, 2.05) is 12.1 Å². The molecular weight excluding hydrogens is 510 g/mol. The highest BCUT2D eigenvalue weighted by Crippen LogP contribution is 2.39. The van der Waals surface area contributed by atoms with Crippen LogP contribution < -0.4 is 0 Å². The van der Waals surface area contributed by atoms with Gasteiger partial charge in [-0.25, -0.2) is 0 Å². The van der Waals surface area contributed by atoms with Gasteiger partial charge in [0, 0.05) is 32.5 Å². The molecule has 2 aromatic heterocycles. The number of aromatic nitrogens is 1. The number of para-hydroxylation sites is 2. The quantitative estimate of drug-likeness (QED) is 0.239. The molecular formula is C40H25NO. The molecule has 0 saturated carbocycles. The summed E-state index contributed by atoms with van der Waals surface area (Å²) in [4.78, 5) is 3.80. The molecule has 7 aromatic carbocycles. The fourth-order valence-electron chi connectivity index (χ4n) is 6.66. The van der Waals surface area contributed by atoms with E-state index in [1.165, 1.54) is 66.0 Å². The van der Waals surface area contributed by atoms with Crippen molar-refractivity contribution in [2.24, 2.45) is 0 Å². The summed E-state index contributed by atoms with van der Waals surface area (Å²) < 4.78 is 6.17. The van der Waals surface area contributed by atoms with Gasteiger partial charge in [0.05, 0.1) is 11.0 Å². The van der Waals surface area contributed by atoms with Crippen LogP contribution in [0.25, 0.3) is 87.9 Å². The molecule has 0 saturated heterocycles. The topological polar surface area (TPSA) is 28.9 Å². The summed E-state index contributed by atoms with van der Waals surface area (Å²) in [5.74, 6) is 0. The highest BCUT2D eigenvalue weighted by atomic mass is 16.3. The van der Waals surface area contributed by atoms with Gasteiger partial charge in [0.15, 0.2) is 0 Å². The maximum atomic E-state index is 6.17. The minimum absolute atomic E-state index is 0.917. The lowest BCUT2D eigenvalue weighted by molar-refractivity contribution is 0.669. The summed E-state index contributed by atoms with van der Waals surface area (Å²) in [6.45, 7) is 0. The Labute approximate surface area is 242 Å². The molecule has 0 aliphatic carbocycles. The van der Waals surface area contributed by atoms with Crippen molar-refractivity contribution in [1.29, 1.82) is 0 Å². The number of hydrogen-bond acceptors (Lipinski definition) is 1. The lowest BCUT2D eigenvalue weighted by Crippen LogP contribution is -1.85. The van der Waals surface area contributed by atoms with Crippen LogP contribution in [-0.4, -0.2) is 4.98 Å². The van der Waals surface area contributed by atoms with E-state index in [-0.39, 0.29) is 0 Å². The molecule has 2 nitrogen and oxygen atoms in total. The first-order chi connectivity index (χ1) is 20.8. The number of aromatic amines is 1. The lowest BCUT2D eigenvalue weighted by atomic mass is 9.94. The Morgan fingerprint density at radius 3 is 1.83 bits per heavy atom. The average Bonchev–Trinajstić information content (AvgIpc) is 3.64. The SMILES string of the molecule is c1cc(-c2cccc(-c3cccc4oc5ccccc5c34)c2)cc(-c2cccc3c2[nH]c2c4ccccc4ccc32)c1. The molecule has 196 valence electrons. The Morgan fingerprint density at radius 2 is 0.976 bits per heavy atom. The van der Waals surface area contributed by atoms with Crippen molar-refractivity contribution in [1.82, 2.24) is 4.98 Å². The van der Waals surface area contributed by atoms with Crippen LogP contribution in [-0.2, 0) is 0 Å². The molecule has 0 radical (unpaired) electrons. The average molecular weight is 536 g/mol. The molecule has 9 aromatic rings. The van der Waals surface area contributed by atoms with Gasteiger partial charge in [0.2, 0.25) is 0 Å². The van der Waals surface area contributed by atoms with Crippen LogP contribution in [0.5, 0.6) is 0 Å². The number of nitrogens with one attached hydrogen (secondary N) is 1. The number of rotatable bonds is 3. The van der Waals surface area contributed by atoms with E-state index >= 15 is 0 Å². The second kappa shape index (κ2) is 8.95. The maximum absolute atomic E-state index is 6.17. The van der Waals surface area contributed by atoms with Gasteiger partial charge < -0.3 is 9.40 Å². The molecule has 0 aliphatic heterocycles.